The average molecular weight is 360 g/mol. The van der Waals surface area contributed by atoms with E-state index in [1.807, 2.05) is 6.92 Å². The Labute approximate surface area is 152 Å². The SMILES string of the molecule is CC=CO[C@H]1O[C@H](CO)[C@@H](O)[C@H](OCCCCCCCCCC)[C@H]1N. The number of ether oxygens (including phenoxy) is 3. The van der Waals surface area contributed by atoms with E-state index in [2.05, 4.69) is 6.92 Å². The van der Waals surface area contributed by atoms with Crippen LogP contribution in [0, 0.1) is 0 Å². The van der Waals surface area contributed by atoms with Gasteiger partial charge in [0.15, 0.2) is 0 Å². The first-order valence-corrected chi connectivity index (χ1v) is 9.73. The average Bonchev–Trinajstić information content (AvgIpc) is 2.62. The van der Waals surface area contributed by atoms with Crippen LogP contribution in [0.3, 0.4) is 0 Å². The summed E-state index contributed by atoms with van der Waals surface area (Å²) < 4.78 is 16.7. The second-order valence-corrected chi connectivity index (χ2v) is 6.71. The second kappa shape index (κ2) is 13.5. The molecule has 0 unspecified atom stereocenters. The summed E-state index contributed by atoms with van der Waals surface area (Å²) >= 11 is 0. The first kappa shape index (κ1) is 22.4. The summed E-state index contributed by atoms with van der Waals surface area (Å²) in [4.78, 5) is 0. The quantitative estimate of drug-likeness (QED) is 0.345. The van der Waals surface area contributed by atoms with Gasteiger partial charge in [-0.2, -0.15) is 0 Å². The van der Waals surface area contributed by atoms with Gasteiger partial charge in [-0.25, -0.2) is 0 Å². The lowest BCUT2D eigenvalue weighted by Crippen LogP contribution is -2.63. The van der Waals surface area contributed by atoms with E-state index in [0.29, 0.717) is 6.61 Å². The van der Waals surface area contributed by atoms with Crippen molar-refractivity contribution in [3.8, 4) is 0 Å². The molecule has 4 N–H and O–H groups in total. The highest BCUT2D eigenvalue weighted by atomic mass is 16.7. The van der Waals surface area contributed by atoms with Crippen molar-refractivity contribution in [3.05, 3.63) is 12.3 Å². The molecule has 0 spiro atoms. The van der Waals surface area contributed by atoms with E-state index < -0.39 is 30.6 Å². The summed E-state index contributed by atoms with van der Waals surface area (Å²) in [6.45, 7) is 4.28. The molecular weight excluding hydrogens is 322 g/mol. The Morgan fingerprint density at radius 3 is 2.32 bits per heavy atom. The molecule has 1 saturated heterocycles. The molecule has 148 valence electrons. The van der Waals surface area contributed by atoms with Crippen LogP contribution < -0.4 is 5.73 Å². The molecule has 1 rings (SSSR count). The molecule has 25 heavy (non-hydrogen) atoms. The van der Waals surface area contributed by atoms with Crippen molar-refractivity contribution < 1.29 is 24.4 Å². The van der Waals surface area contributed by atoms with Gasteiger partial charge in [0.1, 0.15) is 18.3 Å². The zero-order valence-corrected chi connectivity index (χ0v) is 15.8. The standard InChI is InChI=1S/C19H37NO5/c1-3-5-6-7-8-9-10-11-13-23-18-16(20)19(24-12-4-2)25-15(14-21)17(18)22/h4,12,15-19,21-22H,3,5-11,13-14,20H2,1-2H3/t15-,16-,17-,18-,19+/m1/s1. The molecule has 0 aromatic rings. The minimum absolute atomic E-state index is 0.304. The fourth-order valence-electron chi connectivity index (χ4n) is 3.03. The molecule has 5 atom stereocenters. The van der Waals surface area contributed by atoms with E-state index in [9.17, 15) is 10.2 Å². The van der Waals surface area contributed by atoms with Crippen molar-refractivity contribution in [3.63, 3.8) is 0 Å². The summed E-state index contributed by atoms with van der Waals surface area (Å²) in [6, 6.07) is -0.608. The summed E-state index contributed by atoms with van der Waals surface area (Å²) in [7, 11) is 0. The van der Waals surface area contributed by atoms with Crippen LogP contribution >= 0.6 is 0 Å². The van der Waals surface area contributed by atoms with E-state index in [1.165, 1.54) is 44.8 Å². The Kier molecular flexibility index (Phi) is 12.1. The van der Waals surface area contributed by atoms with Crippen molar-refractivity contribution in [2.24, 2.45) is 5.73 Å². The summed E-state index contributed by atoms with van der Waals surface area (Å²) in [5.41, 5.74) is 6.13. The molecule has 1 heterocycles. The first-order valence-electron chi connectivity index (χ1n) is 9.73. The zero-order valence-electron chi connectivity index (χ0n) is 15.8. The van der Waals surface area contributed by atoms with Crippen LogP contribution in [0.5, 0.6) is 0 Å². The molecule has 6 nitrogen and oxygen atoms in total. The minimum atomic E-state index is -0.959. The van der Waals surface area contributed by atoms with Crippen LogP contribution in [0.25, 0.3) is 0 Å². The van der Waals surface area contributed by atoms with Crippen LogP contribution in [-0.4, -0.2) is 54.1 Å². The topological polar surface area (TPSA) is 94.2 Å². The van der Waals surface area contributed by atoms with Gasteiger partial charge in [-0.3, -0.25) is 0 Å². The van der Waals surface area contributed by atoms with Crippen molar-refractivity contribution >= 4 is 0 Å². The van der Waals surface area contributed by atoms with Crippen molar-refractivity contribution in [1.82, 2.24) is 0 Å². The lowest BCUT2D eigenvalue weighted by atomic mass is 9.97. The van der Waals surface area contributed by atoms with Gasteiger partial charge in [-0.1, -0.05) is 57.9 Å². The minimum Gasteiger partial charge on any atom is -0.471 e. The Bertz CT molecular complexity index is 353. The number of aliphatic hydroxyl groups is 2. The lowest BCUT2D eigenvalue weighted by molar-refractivity contribution is -0.258. The third-order valence-corrected chi connectivity index (χ3v) is 4.56. The number of hydrogen-bond donors (Lipinski definition) is 3. The zero-order chi connectivity index (χ0) is 18.5. The highest BCUT2D eigenvalue weighted by molar-refractivity contribution is 4.93. The summed E-state index contributed by atoms with van der Waals surface area (Å²) in [5.74, 6) is 0. The lowest BCUT2D eigenvalue weighted by Gasteiger charge is -2.42. The Morgan fingerprint density at radius 2 is 1.72 bits per heavy atom. The number of hydrogen-bond acceptors (Lipinski definition) is 6. The molecule has 0 aliphatic carbocycles. The summed E-state index contributed by atoms with van der Waals surface area (Å²) in [5, 5.41) is 19.7. The molecule has 0 aromatic heterocycles. The first-order chi connectivity index (χ1) is 12.2. The third-order valence-electron chi connectivity index (χ3n) is 4.56. The van der Waals surface area contributed by atoms with E-state index in [-0.39, 0.29) is 6.61 Å². The smallest absolute Gasteiger partial charge is 0.217 e. The van der Waals surface area contributed by atoms with Gasteiger partial charge in [-0.05, 0) is 13.3 Å². The Balaban J connectivity index is 2.30. The maximum absolute atomic E-state index is 10.3. The monoisotopic (exact) mass is 359 g/mol. The van der Waals surface area contributed by atoms with Crippen LogP contribution in [-0.2, 0) is 14.2 Å². The molecule has 0 radical (unpaired) electrons. The van der Waals surface area contributed by atoms with Gasteiger partial charge in [0.25, 0.3) is 0 Å². The van der Waals surface area contributed by atoms with Gasteiger partial charge in [0, 0.05) is 6.61 Å². The highest BCUT2D eigenvalue weighted by Crippen LogP contribution is 2.23. The maximum Gasteiger partial charge on any atom is 0.217 e. The highest BCUT2D eigenvalue weighted by Gasteiger charge is 2.44. The number of nitrogens with two attached hydrogens (primary N) is 1. The molecule has 1 aliphatic heterocycles. The van der Waals surface area contributed by atoms with Gasteiger partial charge in [0.05, 0.1) is 18.9 Å². The van der Waals surface area contributed by atoms with E-state index in [4.69, 9.17) is 19.9 Å². The van der Waals surface area contributed by atoms with Crippen LogP contribution in [0.1, 0.15) is 65.2 Å². The van der Waals surface area contributed by atoms with Crippen LogP contribution in [0.2, 0.25) is 0 Å². The predicted molar refractivity (Wildman–Crippen MR) is 98.0 cm³/mol. The number of unbranched alkanes of at least 4 members (excludes halogenated alkanes) is 7. The molecule has 0 bridgehead atoms. The Morgan fingerprint density at radius 1 is 1.08 bits per heavy atom. The summed E-state index contributed by atoms with van der Waals surface area (Å²) in [6.07, 6.45) is 9.93. The van der Waals surface area contributed by atoms with Gasteiger partial charge < -0.3 is 30.2 Å². The molecule has 6 heteroatoms. The fraction of sp³-hybridized carbons (Fsp3) is 0.895. The number of aliphatic hydroxyl groups excluding tert-OH is 2. The molecule has 0 amide bonds. The third kappa shape index (κ3) is 8.05. The normalized spacial score (nSPS) is 30.0. The number of rotatable bonds is 13. The van der Waals surface area contributed by atoms with E-state index in [1.54, 1.807) is 6.08 Å². The molecule has 0 aromatic carbocycles. The molecule has 0 saturated carbocycles. The van der Waals surface area contributed by atoms with Crippen LogP contribution in [0.15, 0.2) is 12.3 Å². The number of allylic oxidation sites excluding steroid dienone is 1. The van der Waals surface area contributed by atoms with Crippen molar-refractivity contribution in [2.45, 2.75) is 95.9 Å². The van der Waals surface area contributed by atoms with Crippen molar-refractivity contribution in [2.75, 3.05) is 13.2 Å². The predicted octanol–water partition coefficient (Wildman–Crippen LogP) is 2.47. The van der Waals surface area contributed by atoms with E-state index in [0.717, 1.165) is 12.8 Å². The van der Waals surface area contributed by atoms with Gasteiger partial charge >= 0.3 is 0 Å². The van der Waals surface area contributed by atoms with Crippen LogP contribution in [0.4, 0.5) is 0 Å². The van der Waals surface area contributed by atoms with Gasteiger partial charge in [-0.15, -0.1) is 0 Å². The molecule has 1 aliphatic rings. The van der Waals surface area contributed by atoms with E-state index >= 15 is 0 Å². The molecule has 1 fully saturated rings. The Hall–Kier alpha value is -0.660. The maximum atomic E-state index is 10.3. The second-order valence-electron chi connectivity index (χ2n) is 6.71. The van der Waals surface area contributed by atoms with Gasteiger partial charge in [0.2, 0.25) is 6.29 Å². The van der Waals surface area contributed by atoms with Crippen molar-refractivity contribution in [1.29, 1.82) is 0 Å². The molecular formula is C19H37NO5. The fourth-order valence-corrected chi connectivity index (χ4v) is 3.03. The largest absolute Gasteiger partial charge is 0.471 e.